The molecule has 0 atom stereocenters. The zero-order valence-corrected chi connectivity index (χ0v) is 23.6. The summed E-state index contributed by atoms with van der Waals surface area (Å²) in [5.41, 5.74) is 3.90. The number of fused-ring (bicyclic) bond motifs is 1. The normalized spacial score (nSPS) is 17.7. The molecule has 0 bridgehead atoms. The maximum absolute atomic E-state index is 13.0. The van der Waals surface area contributed by atoms with Gasteiger partial charge in [-0.1, -0.05) is 45.5 Å². The highest BCUT2D eigenvalue weighted by Gasteiger charge is 2.25. The Labute approximate surface area is 226 Å². The van der Waals surface area contributed by atoms with Crippen molar-refractivity contribution in [2.45, 2.75) is 77.3 Å². The number of hydrogen-bond acceptors (Lipinski definition) is 6. The van der Waals surface area contributed by atoms with Crippen LogP contribution < -0.4 is 15.5 Å². The van der Waals surface area contributed by atoms with Gasteiger partial charge in [0, 0.05) is 42.7 Å². The van der Waals surface area contributed by atoms with Gasteiger partial charge in [0.1, 0.15) is 11.6 Å². The summed E-state index contributed by atoms with van der Waals surface area (Å²) in [5, 5.41) is 18.6. The number of phenols is 1. The number of allylic oxidation sites excluding steroid dienone is 1. The second-order valence-corrected chi connectivity index (χ2v) is 11.8. The SMILES string of the molecule is C=C(C)c1cc(CC(=O)N[C@H]2CC[C@@H](Nc3nc(N(C)C)c4ccccc4n3)CC2)cc(C(C)(C)C)c1O. The molecule has 1 aliphatic rings. The van der Waals surface area contributed by atoms with E-state index in [1.807, 2.05) is 62.3 Å². The van der Waals surface area contributed by atoms with E-state index in [0.29, 0.717) is 11.5 Å². The number of nitrogens with zero attached hydrogens (tertiary/aromatic N) is 3. The Bertz CT molecular complexity index is 1330. The monoisotopic (exact) mass is 515 g/mol. The number of aromatic hydroxyl groups is 1. The molecular weight excluding hydrogens is 474 g/mol. The molecular formula is C31H41N5O2. The Hall–Kier alpha value is -3.61. The van der Waals surface area contributed by atoms with Crippen LogP contribution in [-0.2, 0) is 16.6 Å². The Balaban J connectivity index is 1.37. The van der Waals surface area contributed by atoms with Crippen LogP contribution in [0.5, 0.6) is 5.75 Å². The van der Waals surface area contributed by atoms with Crippen LogP contribution in [0.3, 0.4) is 0 Å². The van der Waals surface area contributed by atoms with E-state index in [2.05, 4.69) is 38.0 Å². The number of rotatable bonds is 7. The third-order valence-electron chi connectivity index (χ3n) is 7.23. The molecule has 1 saturated carbocycles. The van der Waals surface area contributed by atoms with E-state index >= 15 is 0 Å². The first-order valence-electron chi connectivity index (χ1n) is 13.4. The number of carbonyl (C=O) groups excluding carboxylic acids is 1. The summed E-state index contributed by atoms with van der Waals surface area (Å²) < 4.78 is 0. The van der Waals surface area contributed by atoms with E-state index in [1.165, 1.54) is 0 Å². The van der Waals surface area contributed by atoms with Crippen molar-refractivity contribution >= 4 is 34.1 Å². The van der Waals surface area contributed by atoms with Crippen LogP contribution in [-0.4, -0.2) is 47.2 Å². The molecule has 38 heavy (non-hydrogen) atoms. The summed E-state index contributed by atoms with van der Waals surface area (Å²) in [6.07, 6.45) is 3.95. The molecule has 4 rings (SSSR count). The molecule has 1 aromatic heterocycles. The number of aromatic nitrogens is 2. The lowest BCUT2D eigenvalue weighted by Gasteiger charge is -2.30. The van der Waals surface area contributed by atoms with Gasteiger partial charge < -0.3 is 20.6 Å². The topological polar surface area (TPSA) is 90.4 Å². The van der Waals surface area contributed by atoms with Crippen molar-refractivity contribution in [1.29, 1.82) is 0 Å². The van der Waals surface area contributed by atoms with Crippen LogP contribution in [0.2, 0.25) is 0 Å². The maximum Gasteiger partial charge on any atom is 0.225 e. The van der Waals surface area contributed by atoms with Crippen LogP contribution in [0.1, 0.15) is 70.1 Å². The first-order chi connectivity index (χ1) is 17.9. The molecule has 1 amide bonds. The molecule has 3 N–H and O–H groups in total. The average molecular weight is 516 g/mol. The fourth-order valence-electron chi connectivity index (χ4n) is 5.19. The summed E-state index contributed by atoms with van der Waals surface area (Å²) in [4.78, 5) is 24.5. The van der Waals surface area contributed by atoms with Gasteiger partial charge in [0.25, 0.3) is 0 Å². The highest BCUT2D eigenvalue weighted by Crippen LogP contribution is 2.37. The second-order valence-electron chi connectivity index (χ2n) is 11.8. The van der Waals surface area contributed by atoms with Crippen molar-refractivity contribution in [3.8, 4) is 5.75 Å². The molecule has 7 nitrogen and oxygen atoms in total. The Morgan fingerprint density at radius 2 is 1.74 bits per heavy atom. The molecule has 0 saturated heterocycles. The molecule has 1 aliphatic carbocycles. The van der Waals surface area contributed by atoms with E-state index in [1.54, 1.807) is 0 Å². The van der Waals surface area contributed by atoms with Crippen LogP contribution in [0, 0.1) is 0 Å². The summed E-state index contributed by atoms with van der Waals surface area (Å²) in [5.74, 6) is 1.81. The molecule has 202 valence electrons. The lowest BCUT2D eigenvalue weighted by Crippen LogP contribution is -2.41. The predicted molar refractivity (Wildman–Crippen MR) is 157 cm³/mol. The summed E-state index contributed by atoms with van der Waals surface area (Å²) in [7, 11) is 3.99. The zero-order chi connectivity index (χ0) is 27.6. The first kappa shape index (κ1) is 27.4. The molecule has 3 aromatic rings. The number of carbonyl (C=O) groups is 1. The van der Waals surface area contributed by atoms with E-state index in [4.69, 9.17) is 9.97 Å². The minimum atomic E-state index is -0.242. The smallest absolute Gasteiger partial charge is 0.225 e. The molecule has 1 heterocycles. The Morgan fingerprint density at radius 1 is 1.08 bits per heavy atom. The quantitative estimate of drug-likeness (QED) is 0.368. The minimum Gasteiger partial charge on any atom is -0.507 e. The van der Waals surface area contributed by atoms with Gasteiger partial charge >= 0.3 is 0 Å². The summed E-state index contributed by atoms with van der Waals surface area (Å²) >= 11 is 0. The second kappa shape index (κ2) is 11.0. The van der Waals surface area contributed by atoms with Crippen LogP contribution in [0.4, 0.5) is 11.8 Å². The van der Waals surface area contributed by atoms with Gasteiger partial charge in [0.15, 0.2) is 0 Å². The number of benzene rings is 2. The molecule has 2 aromatic carbocycles. The van der Waals surface area contributed by atoms with E-state index in [-0.39, 0.29) is 35.6 Å². The zero-order valence-electron chi connectivity index (χ0n) is 23.6. The molecule has 0 spiro atoms. The van der Waals surface area contributed by atoms with Crippen LogP contribution >= 0.6 is 0 Å². The van der Waals surface area contributed by atoms with Crippen molar-refractivity contribution < 1.29 is 9.90 Å². The maximum atomic E-state index is 13.0. The lowest BCUT2D eigenvalue weighted by atomic mass is 9.83. The number of amides is 1. The summed E-state index contributed by atoms with van der Waals surface area (Å²) in [6.45, 7) is 12.1. The van der Waals surface area contributed by atoms with E-state index in [0.717, 1.165) is 59.1 Å². The lowest BCUT2D eigenvalue weighted by molar-refractivity contribution is -0.121. The number of para-hydroxylation sites is 1. The van der Waals surface area contributed by atoms with Crippen LogP contribution in [0.25, 0.3) is 16.5 Å². The van der Waals surface area contributed by atoms with Gasteiger partial charge in [-0.25, -0.2) is 4.98 Å². The standard InChI is InChI=1S/C31H41N5O2/c1-19(2)24-16-20(17-25(28(24)38)31(3,4)5)18-27(37)32-21-12-14-22(15-13-21)33-30-34-26-11-9-8-10-23(26)29(35-30)36(6)7/h8-11,16-17,21-22,38H,1,12-15,18H2,2-7H3,(H,32,37)(H,33,34,35)/t21-,22+. The third-order valence-corrected chi connectivity index (χ3v) is 7.23. The van der Waals surface area contributed by atoms with Gasteiger partial charge in [-0.15, -0.1) is 0 Å². The van der Waals surface area contributed by atoms with Gasteiger partial charge in [-0.3, -0.25) is 4.79 Å². The minimum absolute atomic E-state index is 0.00751. The van der Waals surface area contributed by atoms with Gasteiger partial charge in [0.2, 0.25) is 11.9 Å². The van der Waals surface area contributed by atoms with Crippen molar-refractivity contribution in [1.82, 2.24) is 15.3 Å². The first-order valence-corrected chi connectivity index (χ1v) is 13.4. The van der Waals surface area contributed by atoms with E-state index in [9.17, 15) is 9.90 Å². The number of phenolic OH excluding ortho intramolecular Hbond substituents is 1. The van der Waals surface area contributed by atoms with Crippen molar-refractivity contribution in [2.24, 2.45) is 0 Å². The summed E-state index contributed by atoms with van der Waals surface area (Å²) in [6, 6.07) is 12.3. The molecule has 0 unspecified atom stereocenters. The number of hydrogen-bond donors (Lipinski definition) is 3. The average Bonchev–Trinajstić information content (AvgIpc) is 2.84. The molecule has 0 aliphatic heterocycles. The van der Waals surface area contributed by atoms with Crippen LogP contribution in [0.15, 0.2) is 43.0 Å². The van der Waals surface area contributed by atoms with Crippen molar-refractivity contribution in [2.75, 3.05) is 24.3 Å². The third kappa shape index (κ3) is 6.26. The largest absolute Gasteiger partial charge is 0.507 e. The Morgan fingerprint density at radius 3 is 2.37 bits per heavy atom. The molecule has 0 radical (unpaired) electrons. The number of anilines is 2. The number of nitrogens with one attached hydrogen (secondary N) is 2. The van der Waals surface area contributed by atoms with Gasteiger partial charge in [-0.2, -0.15) is 4.98 Å². The fraction of sp³-hybridized carbons (Fsp3) is 0.452. The van der Waals surface area contributed by atoms with Gasteiger partial charge in [0.05, 0.1) is 11.9 Å². The Kier molecular flexibility index (Phi) is 7.95. The van der Waals surface area contributed by atoms with E-state index < -0.39 is 0 Å². The predicted octanol–water partition coefficient (Wildman–Crippen LogP) is 5.81. The van der Waals surface area contributed by atoms with Crippen molar-refractivity contribution in [3.63, 3.8) is 0 Å². The highest BCUT2D eigenvalue weighted by atomic mass is 16.3. The molecule has 7 heteroatoms. The van der Waals surface area contributed by atoms with Gasteiger partial charge in [-0.05, 0) is 67.4 Å². The molecule has 1 fully saturated rings. The van der Waals surface area contributed by atoms with Crippen molar-refractivity contribution in [3.05, 3.63) is 59.7 Å². The highest BCUT2D eigenvalue weighted by molar-refractivity contribution is 5.90. The fourth-order valence-corrected chi connectivity index (χ4v) is 5.19.